The average Bonchev–Trinajstić information content (AvgIpc) is 3.15. The second-order valence-electron chi connectivity index (χ2n) is 6.95. The van der Waals surface area contributed by atoms with E-state index in [9.17, 15) is 9.59 Å². The molecule has 3 N–H and O–H groups in total. The number of rotatable bonds is 6. The van der Waals surface area contributed by atoms with E-state index in [0.29, 0.717) is 6.54 Å². The maximum Gasteiger partial charge on any atom is 0.319 e. The van der Waals surface area contributed by atoms with E-state index < -0.39 is 0 Å². The van der Waals surface area contributed by atoms with Crippen LogP contribution in [0.1, 0.15) is 63.9 Å². The molecule has 0 unspecified atom stereocenters. The first-order valence-electron chi connectivity index (χ1n) is 9.16. The molecule has 0 bridgehead atoms. The summed E-state index contributed by atoms with van der Waals surface area (Å²) < 4.78 is 0. The Bertz CT molecular complexity index is 621. The van der Waals surface area contributed by atoms with Gasteiger partial charge in [0, 0.05) is 17.9 Å². The minimum Gasteiger partial charge on any atom is -0.338 e. The normalized spacial score (nSPS) is 17.6. The van der Waals surface area contributed by atoms with Gasteiger partial charge in [-0.05, 0) is 37.0 Å². The molecule has 1 aliphatic heterocycles. The summed E-state index contributed by atoms with van der Waals surface area (Å²) in [5.41, 5.74) is 2.34. The van der Waals surface area contributed by atoms with Crippen LogP contribution in [0.15, 0.2) is 18.2 Å². The van der Waals surface area contributed by atoms with Crippen molar-refractivity contribution in [2.24, 2.45) is 0 Å². The summed E-state index contributed by atoms with van der Waals surface area (Å²) in [6, 6.07) is 5.58. The van der Waals surface area contributed by atoms with Gasteiger partial charge in [-0.15, -0.1) is 0 Å². The lowest BCUT2D eigenvalue weighted by molar-refractivity contribution is -0.120. The lowest BCUT2D eigenvalue weighted by atomic mass is 9.80. The number of hydrogen-bond acceptors (Lipinski definition) is 2. The Kier molecular flexibility index (Phi) is 5.07. The van der Waals surface area contributed by atoms with Crippen LogP contribution < -0.4 is 16.0 Å². The lowest BCUT2D eigenvalue weighted by Crippen LogP contribution is -2.30. The van der Waals surface area contributed by atoms with Gasteiger partial charge >= 0.3 is 6.03 Å². The number of hydrogen-bond donors (Lipinski definition) is 3. The number of amides is 3. The van der Waals surface area contributed by atoms with Gasteiger partial charge in [-0.25, -0.2) is 4.79 Å². The van der Waals surface area contributed by atoms with Crippen molar-refractivity contribution in [2.75, 3.05) is 17.2 Å². The molecule has 5 heteroatoms. The van der Waals surface area contributed by atoms with Crippen LogP contribution in [-0.2, 0) is 10.2 Å². The van der Waals surface area contributed by atoms with Gasteiger partial charge in [0.15, 0.2) is 0 Å². The van der Waals surface area contributed by atoms with E-state index in [-0.39, 0.29) is 17.4 Å². The quantitative estimate of drug-likeness (QED) is 0.686. The van der Waals surface area contributed by atoms with E-state index in [1.807, 2.05) is 18.2 Å². The van der Waals surface area contributed by atoms with Crippen molar-refractivity contribution in [3.05, 3.63) is 23.8 Å². The van der Waals surface area contributed by atoms with Gasteiger partial charge in [0.2, 0.25) is 5.91 Å². The number of unbranched alkanes of at least 4 members (excludes halogenated alkanes) is 3. The molecule has 1 saturated carbocycles. The van der Waals surface area contributed by atoms with E-state index >= 15 is 0 Å². The highest BCUT2D eigenvalue weighted by Gasteiger charge is 2.48. The van der Waals surface area contributed by atoms with E-state index in [1.165, 1.54) is 12.8 Å². The van der Waals surface area contributed by atoms with E-state index in [0.717, 1.165) is 55.5 Å². The van der Waals surface area contributed by atoms with Crippen LogP contribution in [0.2, 0.25) is 0 Å². The van der Waals surface area contributed by atoms with Crippen molar-refractivity contribution in [1.82, 2.24) is 5.32 Å². The van der Waals surface area contributed by atoms with Crippen LogP contribution >= 0.6 is 0 Å². The summed E-state index contributed by atoms with van der Waals surface area (Å²) in [6.45, 7) is 2.86. The average molecular weight is 329 g/mol. The molecule has 0 saturated heterocycles. The fraction of sp³-hybridized carbons (Fsp3) is 0.579. The summed E-state index contributed by atoms with van der Waals surface area (Å²) in [4.78, 5) is 24.4. The first-order chi connectivity index (χ1) is 11.7. The smallest absolute Gasteiger partial charge is 0.319 e. The third kappa shape index (κ3) is 3.25. The van der Waals surface area contributed by atoms with Crippen molar-refractivity contribution in [2.45, 2.75) is 63.7 Å². The highest BCUT2D eigenvalue weighted by Crippen LogP contribution is 2.49. The molecule has 1 aliphatic carbocycles. The fourth-order valence-corrected chi connectivity index (χ4v) is 3.91. The standard InChI is InChI=1S/C19H27N3O2/c1-2-3-4-7-12-20-18(24)21-14-8-9-15-16(13-14)22-17(23)19(15)10-5-6-11-19/h8-9,13H,2-7,10-12H2,1H3,(H,22,23)(H2,20,21,24). The minimum absolute atomic E-state index is 0.118. The molecule has 1 aromatic rings. The predicted octanol–water partition coefficient (Wildman–Crippen LogP) is 4.15. The van der Waals surface area contributed by atoms with E-state index in [1.54, 1.807) is 0 Å². The molecule has 1 heterocycles. The summed E-state index contributed by atoms with van der Waals surface area (Å²) in [7, 11) is 0. The Balaban J connectivity index is 1.58. The fourth-order valence-electron chi connectivity index (χ4n) is 3.91. The minimum atomic E-state index is -0.324. The number of urea groups is 1. The van der Waals surface area contributed by atoms with Crippen LogP contribution in [0.25, 0.3) is 0 Å². The van der Waals surface area contributed by atoms with Crippen molar-refractivity contribution < 1.29 is 9.59 Å². The van der Waals surface area contributed by atoms with Crippen molar-refractivity contribution in [1.29, 1.82) is 0 Å². The van der Waals surface area contributed by atoms with Gasteiger partial charge in [0.05, 0.1) is 5.41 Å². The number of fused-ring (bicyclic) bond motifs is 2. The molecule has 0 atom stereocenters. The first kappa shape index (κ1) is 16.8. The SMILES string of the molecule is CCCCCCNC(=O)Nc1ccc2c(c1)NC(=O)C21CCCC1. The van der Waals surface area contributed by atoms with Crippen molar-refractivity contribution in [3.8, 4) is 0 Å². The van der Waals surface area contributed by atoms with Crippen molar-refractivity contribution in [3.63, 3.8) is 0 Å². The molecular weight excluding hydrogens is 302 g/mol. The number of carbonyl (C=O) groups excluding carboxylic acids is 2. The number of benzene rings is 1. The largest absolute Gasteiger partial charge is 0.338 e. The molecule has 0 aromatic heterocycles. The highest BCUT2D eigenvalue weighted by molar-refractivity contribution is 6.07. The van der Waals surface area contributed by atoms with E-state index in [2.05, 4.69) is 22.9 Å². The summed E-state index contributed by atoms with van der Waals surface area (Å²) in [6.07, 6.45) is 8.60. The third-order valence-corrected chi connectivity index (χ3v) is 5.25. The molecule has 5 nitrogen and oxygen atoms in total. The molecule has 2 aliphatic rings. The third-order valence-electron chi connectivity index (χ3n) is 5.25. The Hall–Kier alpha value is -2.04. The topological polar surface area (TPSA) is 70.2 Å². The maximum atomic E-state index is 12.4. The molecule has 3 rings (SSSR count). The van der Waals surface area contributed by atoms with Gasteiger partial charge in [-0.3, -0.25) is 4.79 Å². The Morgan fingerprint density at radius 3 is 2.75 bits per heavy atom. The molecule has 1 spiro atoms. The molecule has 3 amide bonds. The zero-order valence-corrected chi connectivity index (χ0v) is 14.4. The number of carbonyl (C=O) groups is 2. The van der Waals surface area contributed by atoms with Crippen LogP contribution in [0.4, 0.5) is 16.2 Å². The molecular formula is C19H27N3O2. The Labute approximate surface area is 143 Å². The molecule has 0 radical (unpaired) electrons. The highest BCUT2D eigenvalue weighted by atomic mass is 16.2. The zero-order valence-electron chi connectivity index (χ0n) is 14.4. The second-order valence-corrected chi connectivity index (χ2v) is 6.95. The molecule has 24 heavy (non-hydrogen) atoms. The lowest BCUT2D eigenvalue weighted by Gasteiger charge is -2.20. The van der Waals surface area contributed by atoms with Gasteiger partial charge < -0.3 is 16.0 Å². The number of anilines is 2. The summed E-state index contributed by atoms with van der Waals surface area (Å²) >= 11 is 0. The summed E-state index contributed by atoms with van der Waals surface area (Å²) in [5, 5.41) is 8.73. The van der Waals surface area contributed by atoms with Gasteiger partial charge in [-0.1, -0.05) is 45.1 Å². The Morgan fingerprint density at radius 1 is 1.21 bits per heavy atom. The van der Waals surface area contributed by atoms with Crippen LogP contribution in [0, 0.1) is 0 Å². The monoisotopic (exact) mass is 329 g/mol. The van der Waals surface area contributed by atoms with E-state index in [4.69, 9.17) is 0 Å². The molecule has 1 fully saturated rings. The second kappa shape index (κ2) is 7.24. The first-order valence-corrected chi connectivity index (χ1v) is 9.16. The Morgan fingerprint density at radius 2 is 2.00 bits per heavy atom. The maximum absolute atomic E-state index is 12.4. The molecule has 1 aromatic carbocycles. The predicted molar refractivity (Wildman–Crippen MR) is 96.4 cm³/mol. The van der Waals surface area contributed by atoms with Gasteiger partial charge in [0.1, 0.15) is 0 Å². The number of nitrogens with one attached hydrogen (secondary N) is 3. The van der Waals surface area contributed by atoms with Gasteiger partial charge in [-0.2, -0.15) is 0 Å². The van der Waals surface area contributed by atoms with Crippen LogP contribution in [0.3, 0.4) is 0 Å². The van der Waals surface area contributed by atoms with Crippen LogP contribution in [-0.4, -0.2) is 18.5 Å². The van der Waals surface area contributed by atoms with Crippen molar-refractivity contribution >= 4 is 23.3 Å². The van der Waals surface area contributed by atoms with Gasteiger partial charge in [0.25, 0.3) is 0 Å². The summed E-state index contributed by atoms with van der Waals surface area (Å²) in [5.74, 6) is 0.118. The zero-order chi connectivity index (χ0) is 17.0. The van der Waals surface area contributed by atoms with Crippen LogP contribution in [0.5, 0.6) is 0 Å². The molecule has 130 valence electrons.